The van der Waals surface area contributed by atoms with Crippen LogP contribution in [0.1, 0.15) is 23.4 Å². The van der Waals surface area contributed by atoms with Crippen molar-refractivity contribution in [1.29, 1.82) is 0 Å². The van der Waals surface area contributed by atoms with Gasteiger partial charge in [-0.15, -0.1) is 0 Å². The number of nitrogens with zero attached hydrogens (tertiary/aromatic N) is 2. The number of carbonyl (C=O) groups is 1. The largest absolute Gasteiger partial charge is 0.461 e. The molecule has 27 heavy (non-hydrogen) atoms. The second-order valence-corrected chi connectivity index (χ2v) is 6.47. The summed E-state index contributed by atoms with van der Waals surface area (Å²) in [6, 6.07) is 9.89. The number of amides is 1. The van der Waals surface area contributed by atoms with Crippen molar-refractivity contribution in [1.82, 2.24) is 14.9 Å². The summed E-state index contributed by atoms with van der Waals surface area (Å²) in [6.45, 7) is 0.843. The van der Waals surface area contributed by atoms with Gasteiger partial charge in [-0.2, -0.15) is 0 Å². The van der Waals surface area contributed by atoms with Crippen LogP contribution in [-0.2, 0) is 24.2 Å². The number of furan rings is 1. The summed E-state index contributed by atoms with van der Waals surface area (Å²) in [6.07, 6.45) is 2.58. The Hall–Kier alpha value is -3.22. The predicted molar refractivity (Wildman–Crippen MR) is 96.4 cm³/mol. The molecule has 0 radical (unpaired) electrons. The molecule has 0 unspecified atom stereocenters. The minimum absolute atomic E-state index is 0.0217. The number of aromatic amines is 1. The first-order valence-electron chi connectivity index (χ1n) is 8.78. The van der Waals surface area contributed by atoms with Crippen molar-refractivity contribution in [3.05, 3.63) is 75.9 Å². The molecule has 7 heteroatoms. The van der Waals surface area contributed by atoms with Gasteiger partial charge < -0.3 is 14.3 Å². The normalized spacial score (nSPS) is 13.4. The van der Waals surface area contributed by atoms with E-state index in [-0.39, 0.29) is 23.7 Å². The second-order valence-electron chi connectivity index (χ2n) is 6.47. The van der Waals surface area contributed by atoms with Crippen LogP contribution >= 0.6 is 0 Å². The second kappa shape index (κ2) is 7.19. The van der Waals surface area contributed by atoms with E-state index >= 15 is 0 Å². The number of halogens is 1. The van der Waals surface area contributed by atoms with Crippen LogP contribution in [0.15, 0.2) is 51.9 Å². The molecular weight excluding hydrogens is 349 g/mol. The lowest BCUT2D eigenvalue weighted by Crippen LogP contribution is -2.39. The average molecular weight is 367 g/mol. The van der Waals surface area contributed by atoms with Gasteiger partial charge in [0, 0.05) is 24.9 Å². The number of nitrogens with one attached hydrogen (secondary N) is 1. The Morgan fingerprint density at radius 3 is 2.96 bits per heavy atom. The molecule has 1 aliphatic heterocycles. The number of hydrogen-bond acceptors (Lipinski definition) is 4. The Kier molecular flexibility index (Phi) is 4.58. The summed E-state index contributed by atoms with van der Waals surface area (Å²) in [5.74, 6) is 0.718. The third kappa shape index (κ3) is 3.53. The smallest absolute Gasteiger partial charge is 0.254 e. The molecule has 0 aliphatic carbocycles. The number of aryl methyl sites for hydroxylation is 1. The number of hydrogen-bond donors (Lipinski definition) is 1. The van der Waals surface area contributed by atoms with E-state index in [4.69, 9.17) is 4.42 Å². The topological polar surface area (TPSA) is 79.2 Å². The van der Waals surface area contributed by atoms with E-state index in [1.807, 2.05) is 0 Å². The Labute approximate surface area is 154 Å². The van der Waals surface area contributed by atoms with Gasteiger partial charge in [0.2, 0.25) is 5.91 Å². The molecule has 0 atom stereocenters. The van der Waals surface area contributed by atoms with Gasteiger partial charge in [0.1, 0.15) is 17.3 Å². The first-order chi connectivity index (χ1) is 13.1. The predicted octanol–water partition coefficient (Wildman–Crippen LogP) is 2.69. The maximum atomic E-state index is 13.8. The molecule has 3 aromatic rings. The molecule has 4 rings (SSSR count). The molecule has 1 N–H and O–H groups in total. The van der Waals surface area contributed by atoms with Crippen LogP contribution in [-0.4, -0.2) is 27.3 Å². The van der Waals surface area contributed by atoms with Gasteiger partial charge >= 0.3 is 0 Å². The van der Waals surface area contributed by atoms with E-state index in [9.17, 15) is 14.0 Å². The van der Waals surface area contributed by atoms with E-state index < -0.39 is 0 Å². The van der Waals surface area contributed by atoms with Gasteiger partial charge in [-0.05, 0) is 30.7 Å². The SMILES string of the molecule is O=C(CCc1ccc(-c2ccccc2F)o1)N1CCc2c(nc[nH]c2=O)C1. The maximum Gasteiger partial charge on any atom is 0.254 e. The summed E-state index contributed by atoms with van der Waals surface area (Å²) >= 11 is 0. The molecule has 0 fully saturated rings. The van der Waals surface area contributed by atoms with Crippen LogP contribution in [0.2, 0.25) is 0 Å². The Balaban J connectivity index is 1.39. The summed E-state index contributed by atoms with van der Waals surface area (Å²) < 4.78 is 19.5. The lowest BCUT2D eigenvalue weighted by atomic mass is 10.1. The summed E-state index contributed by atoms with van der Waals surface area (Å²) in [5, 5.41) is 0. The molecule has 1 aliphatic rings. The first-order valence-corrected chi connectivity index (χ1v) is 8.78. The van der Waals surface area contributed by atoms with Crippen molar-refractivity contribution in [3.8, 4) is 11.3 Å². The van der Waals surface area contributed by atoms with Crippen LogP contribution in [0.4, 0.5) is 4.39 Å². The fourth-order valence-corrected chi connectivity index (χ4v) is 3.28. The minimum atomic E-state index is -0.344. The number of aromatic nitrogens is 2. The Morgan fingerprint density at radius 1 is 1.26 bits per heavy atom. The Bertz CT molecular complexity index is 1040. The van der Waals surface area contributed by atoms with Crippen molar-refractivity contribution >= 4 is 5.91 Å². The highest BCUT2D eigenvalue weighted by Gasteiger charge is 2.23. The number of carbonyl (C=O) groups excluding carboxylic acids is 1. The molecule has 0 saturated carbocycles. The summed E-state index contributed by atoms with van der Waals surface area (Å²) in [4.78, 5) is 32.7. The van der Waals surface area contributed by atoms with E-state index in [1.54, 1.807) is 35.2 Å². The zero-order valence-electron chi connectivity index (χ0n) is 14.6. The van der Waals surface area contributed by atoms with Crippen molar-refractivity contribution < 1.29 is 13.6 Å². The quantitative estimate of drug-likeness (QED) is 0.769. The zero-order valence-corrected chi connectivity index (χ0v) is 14.6. The molecule has 138 valence electrons. The highest BCUT2D eigenvalue weighted by Crippen LogP contribution is 2.25. The third-order valence-corrected chi connectivity index (χ3v) is 4.75. The van der Waals surface area contributed by atoms with E-state index in [1.165, 1.54) is 12.4 Å². The molecule has 3 heterocycles. The number of rotatable bonds is 4. The number of fused-ring (bicyclic) bond motifs is 1. The van der Waals surface area contributed by atoms with E-state index in [0.29, 0.717) is 54.3 Å². The van der Waals surface area contributed by atoms with Crippen molar-refractivity contribution in [2.45, 2.75) is 25.8 Å². The van der Waals surface area contributed by atoms with E-state index in [0.717, 1.165) is 0 Å². The molecule has 1 aromatic carbocycles. The van der Waals surface area contributed by atoms with Crippen molar-refractivity contribution in [2.75, 3.05) is 6.54 Å². The fraction of sp³-hybridized carbons (Fsp3) is 0.250. The number of H-pyrrole nitrogens is 1. The van der Waals surface area contributed by atoms with Crippen molar-refractivity contribution in [3.63, 3.8) is 0 Å². The molecule has 0 bridgehead atoms. The molecule has 6 nitrogen and oxygen atoms in total. The summed E-state index contributed by atoms with van der Waals surface area (Å²) in [7, 11) is 0. The summed E-state index contributed by atoms with van der Waals surface area (Å²) in [5.41, 5.74) is 1.57. The van der Waals surface area contributed by atoms with Crippen molar-refractivity contribution in [2.24, 2.45) is 0 Å². The highest BCUT2D eigenvalue weighted by molar-refractivity contribution is 5.76. The van der Waals surface area contributed by atoms with Gasteiger partial charge in [0.05, 0.1) is 24.1 Å². The third-order valence-electron chi connectivity index (χ3n) is 4.75. The standard InChI is InChI=1S/C20H18FN3O3/c21-16-4-2-1-3-14(16)18-7-5-13(27-18)6-8-19(25)24-10-9-15-17(11-24)22-12-23-20(15)26/h1-5,7,12H,6,8-11H2,(H,22,23,26). The molecule has 0 saturated heterocycles. The monoisotopic (exact) mass is 367 g/mol. The van der Waals surface area contributed by atoms with Gasteiger partial charge in [0.25, 0.3) is 5.56 Å². The van der Waals surface area contributed by atoms with Crippen LogP contribution in [0.5, 0.6) is 0 Å². The van der Waals surface area contributed by atoms with Crippen LogP contribution in [0.3, 0.4) is 0 Å². The Morgan fingerprint density at radius 2 is 2.11 bits per heavy atom. The fourth-order valence-electron chi connectivity index (χ4n) is 3.28. The zero-order chi connectivity index (χ0) is 18.8. The molecular formula is C20H18FN3O3. The lowest BCUT2D eigenvalue weighted by Gasteiger charge is -2.27. The lowest BCUT2D eigenvalue weighted by molar-refractivity contribution is -0.132. The van der Waals surface area contributed by atoms with Crippen LogP contribution in [0, 0.1) is 5.82 Å². The average Bonchev–Trinajstić information content (AvgIpc) is 3.15. The highest BCUT2D eigenvalue weighted by atomic mass is 19.1. The minimum Gasteiger partial charge on any atom is -0.461 e. The van der Waals surface area contributed by atoms with Crippen LogP contribution in [0.25, 0.3) is 11.3 Å². The van der Waals surface area contributed by atoms with Gasteiger partial charge in [-0.25, -0.2) is 9.37 Å². The molecule has 2 aromatic heterocycles. The molecule has 0 spiro atoms. The maximum absolute atomic E-state index is 13.8. The van der Waals surface area contributed by atoms with Gasteiger partial charge in [-0.3, -0.25) is 9.59 Å². The van der Waals surface area contributed by atoms with Gasteiger partial charge in [-0.1, -0.05) is 12.1 Å². The van der Waals surface area contributed by atoms with E-state index in [2.05, 4.69) is 9.97 Å². The van der Waals surface area contributed by atoms with Gasteiger partial charge in [0.15, 0.2) is 0 Å². The molecule has 1 amide bonds. The van der Waals surface area contributed by atoms with Crippen LogP contribution < -0.4 is 5.56 Å². The number of benzene rings is 1. The first kappa shape index (κ1) is 17.2.